The lowest BCUT2D eigenvalue weighted by Crippen LogP contribution is -2.34. The minimum atomic E-state index is -3.63. The van der Waals surface area contributed by atoms with Crippen molar-refractivity contribution in [3.8, 4) is 5.75 Å². The highest BCUT2D eigenvalue weighted by Gasteiger charge is 2.24. The summed E-state index contributed by atoms with van der Waals surface area (Å²) in [6, 6.07) is 13.8. The van der Waals surface area contributed by atoms with Gasteiger partial charge >= 0.3 is 0 Å². The van der Waals surface area contributed by atoms with Crippen LogP contribution < -0.4 is 14.8 Å². The number of benzene rings is 2. The molecule has 0 bridgehead atoms. The van der Waals surface area contributed by atoms with Crippen molar-refractivity contribution < 1.29 is 17.9 Å². The van der Waals surface area contributed by atoms with Crippen molar-refractivity contribution in [2.75, 3.05) is 11.9 Å². The van der Waals surface area contributed by atoms with Gasteiger partial charge in [0.1, 0.15) is 11.9 Å². The number of hydrogen-bond donors (Lipinski definition) is 2. The van der Waals surface area contributed by atoms with Gasteiger partial charge in [-0.1, -0.05) is 25.1 Å². The van der Waals surface area contributed by atoms with Crippen LogP contribution in [0.3, 0.4) is 0 Å². The molecule has 0 radical (unpaired) electrons. The second-order valence-corrected chi connectivity index (χ2v) is 7.60. The summed E-state index contributed by atoms with van der Waals surface area (Å²) in [5.74, 6) is 0.689. The van der Waals surface area contributed by atoms with Gasteiger partial charge in [-0.3, -0.25) is 4.79 Å². The molecule has 1 aliphatic heterocycles. The zero-order valence-corrected chi connectivity index (χ0v) is 14.7. The Balaban J connectivity index is 1.60. The van der Waals surface area contributed by atoms with Crippen LogP contribution >= 0.6 is 0 Å². The maximum Gasteiger partial charge on any atom is 0.240 e. The quantitative estimate of drug-likeness (QED) is 0.828. The Kier molecular flexibility index (Phi) is 5.06. The summed E-state index contributed by atoms with van der Waals surface area (Å²) < 4.78 is 33.1. The average Bonchev–Trinajstić information content (AvgIpc) is 3.03. The van der Waals surface area contributed by atoms with Crippen LogP contribution in [0.15, 0.2) is 53.4 Å². The second-order valence-electron chi connectivity index (χ2n) is 5.83. The molecule has 1 heterocycles. The molecule has 132 valence electrons. The van der Waals surface area contributed by atoms with Crippen LogP contribution in [0, 0.1) is 0 Å². The first kappa shape index (κ1) is 17.4. The third-order valence-corrected chi connectivity index (χ3v) is 5.42. The first-order valence-corrected chi connectivity index (χ1v) is 9.60. The van der Waals surface area contributed by atoms with Crippen molar-refractivity contribution in [3.05, 3.63) is 54.1 Å². The lowest BCUT2D eigenvalue weighted by molar-refractivity contribution is -0.115. The van der Waals surface area contributed by atoms with Gasteiger partial charge in [0.05, 0.1) is 4.90 Å². The predicted octanol–water partition coefficient (Wildman–Crippen LogP) is 2.32. The summed E-state index contributed by atoms with van der Waals surface area (Å²) in [6.45, 7) is 1.95. The smallest absolute Gasteiger partial charge is 0.240 e. The number of carbonyl (C=O) groups excluding carboxylic acids is 1. The molecule has 0 fully saturated rings. The zero-order valence-electron chi connectivity index (χ0n) is 13.9. The lowest BCUT2D eigenvalue weighted by Gasteiger charge is -2.13. The molecule has 1 atom stereocenters. The first-order valence-electron chi connectivity index (χ1n) is 8.12. The van der Waals surface area contributed by atoms with E-state index in [0.29, 0.717) is 18.5 Å². The van der Waals surface area contributed by atoms with Gasteiger partial charge < -0.3 is 10.1 Å². The number of hydrogen-bond acceptors (Lipinski definition) is 4. The van der Waals surface area contributed by atoms with Gasteiger partial charge in [-0.2, -0.15) is 0 Å². The Morgan fingerprint density at radius 1 is 1.16 bits per heavy atom. The highest BCUT2D eigenvalue weighted by atomic mass is 32.2. The minimum absolute atomic E-state index is 0.119. The molecule has 3 rings (SSSR count). The van der Waals surface area contributed by atoms with Crippen molar-refractivity contribution in [1.29, 1.82) is 0 Å². The summed E-state index contributed by atoms with van der Waals surface area (Å²) in [7, 11) is -3.63. The number of sulfonamides is 1. The van der Waals surface area contributed by atoms with Gasteiger partial charge in [0.25, 0.3) is 0 Å². The fourth-order valence-corrected chi connectivity index (χ4v) is 3.69. The number of ether oxygens (including phenoxy) is 1. The van der Waals surface area contributed by atoms with E-state index in [0.717, 1.165) is 11.3 Å². The van der Waals surface area contributed by atoms with Gasteiger partial charge in [-0.05, 0) is 35.9 Å². The molecule has 2 N–H and O–H groups in total. The van der Waals surface area contributed by atoms with Gasteiger partial charge in [0, 0.05) is 25.1 Å². The third kappa shape index (κ3) is 4.18. The molecule has 0 saturated heterocycles. The number of anilines is 1. The van der Waals surface area contributed by atoms with Crippen molar-refractivity contribution >= 4 is 21.6 Å². The Labute approximate surface area is 147 Å². The van der Waals surface area contributed by atoms with Gasteiger partial charge in [0.15, 0.2) is 0 Å². The highest BCUT2D eigenvalue weighted by molar-refractivity contribution is 7.89. The van der Waals surface area contributed by atoms with Crippen molar-refractivity contribution in [2.24, 2.45) is 0 Å². The Hall–Kier alpha value is -2.38. The van der Waals surface area contributed by atoms with Gasteiger partial charge in [-0.25, -0.2) is 13.1 Å². The molecule has 1 aliphatic rings. The summed E-state index contributed by atoms with van der Waals surface area (Å²) >= 11 is 0. The van der Waals surface area contributed by atoms with E-state index in [1.807, 2.05) is 24.3 Å². The monoisotopic (exact) mass is 360 g/mol. The van der Waals surface area contributed by atoms with Crippen LogP contribution in [-0.2, 0) is 21.2 Å². The SMILES string of the molecule is CCC(=O)Nc1ccc(S(=O)(=O)NCC2Cc3ccccc3O2)cc1. The fraction of sp³-hybridized carbons (Fsp3) is 0.278. The summed E-state index contributed by atoms with van der Waals surface area (Å²) in [5, 5.41) is 2.68. The normalized spacial score (nSPS) is 16.1. The molecular formula is C18H20N2O4S. The van der Waals surface area contributed by atoms with Crippen molar-refractivity contribution in [3.63, 3.8) is 0 Å². The summed E-state index contributed by atoms with van der Waals surface area (Å²) in [4.78, 5) is 11.5. The Bertz CT molecular complexity index is 838. The van der Waals surface area contributed by atoms with Crippen molar-refractivity contribution in [2.45, 2.75) is 30.8 Å². The second kappa shape index (κ2) is 7.25. The Morgan fingerprint density at radius 2 is 1.88 bits per heavy atom. The maximum absolute atomic E-state index is 12.4. The van der Waals surface area contributed by atoms with E-state index < -0.39 is 10.0 Å². The molecule has 6 nitrogen and oxygen atoms in total. The molecule has 0 aromatic heterocycles. The minimum Gasteiger partial charge on any atom is -0.488 e. The molecule has 7 heteroatoms. The third-order valence-electron chi connectivity index (χ3n) is 3.98. The van der Waals surface area contributed by atoms with E-state index in [1.165, 1.54) is 12.1 Å². The number of fused-ring (bicyclic) bond motifs is 1. The van der Waals surface area contributed by atoms with E-state index in [2.05, 4.69) is 10.0 Å². The molecule has 0 saturated carbocycles. The van der Waals surface area contributed by atoms with Crippen molar-refractivity contribution in [1.82, 2.24) is 4.72 Å². The molecular weight excluding hydrogens is 340 g/mol. The number of nitrogens with one attached hydrogen (secondary N) is 2. The summed E-state index contributed by atoms with van der Waals surface area (Å²) in [6.07, 6.45) is 0.835. The van der Waals surface area contributed by atoms with Gasteiger partial charge in [0.2, 0.25) is 15.9 Å². The molecule has 25 heavy (non-hydrogen) atoms. The van der Waals surface area contributed by atoms with Crippen LogP contribution in [0.4, 0.5) is 5.69 Å². The molecule has 1 amide bonds. The van der Waals surface area contributed by atoms with E-state index >= 15 is 0 Å². The fourth-order valence-electron chi connectivity index (χ4n) is 2.62. The zero-order chi connectivity index (χ0) is 17.9. The highest BCUT2D eigenvalue weighted by Crippen LogP contribution is 2.28. The number of rotatable bonds is 6. The molecule has 2 aromatic carbocycles. The number of para-hydroxylation sites is 1. The maximum atomic E-state index is 12.4. The van der Waals surface area contributed by atoms with Crippen LogP contribution in [0.2, 0.25) is 0 Å². The molecule has 2 aromatic rings. The largest absolute Gasteiger partial charge is 0.488 e. The van der Waals surface area contributed by atoms with E-state index in [-0.39, 0.29) is 23.5 Å². The van der Waals surface area contributed by atoms with E-state index in [4.69, 9.17) is 4.74 Å². The molecule has 0 aliphatic carbocycles. The molecule has 0 spiro atoms. The number of amides is 1. The first-order chi connectivity index (χ1) is 12.0. The van der Waals surface area contributed by atoms with E-state index in [9.17, 15) is 13.2 Å². The van der Waals surface area contributed by atoms with Crippen LogP contribution in [0.25, 0.3) is 0 Å². The predicted molar refractivity (Wildman–Crippen MR) is 95.1 cm³/mol. The van der Waals surface area contributed by atoms with Gasteiger partial charge in [-0.15, -0.1) is 0 Å². The van der Waals surface area contributed by atoms with Crippen LogP contribution in [0.5, 0.6) is 5.75 Å². The molecule has 1 unspecified atom stereocenters. The average molecular weight is 360 g/mol. The number of carbonyl (C=O) groups is 1. The van der Waals surface area contributed by atoms with Crippen LogP contribution in [0.1, 0.15) is 18.9 Å². The Morgan fingerprint density at radius 3 is 2.56 bits per heavy atom. The standard InChI is InChI=1S/C18H20N2O4S/c1-2-18(21)20-14-7-9-16(10-8-14)25(22,23)19-12-15-11-13-5-3-4-6-17(13)24-15/h3-10,15,19H,2,11-12H2,1H3,(H,20,21). The topological polar surface area (TPSA) is 84.5 Å². The lowest BCUT2D eigenvalue weighted by atomic mass is 10.1. The van der Waals surface area contributed by atoms with E-state index in [1.54, 1.807) is 19.1 Å². The summed E-state index contributed by atoms with van der Waals surface area (Å²) in [5.41, 5.74) is 1.66. The van der Waals surface area contributed by atoms with Crippen LogP contribution in [-0.4, -0.2) is 27.0 Å².